The van der Waals surface area contributed by atoms with Gasteiger partial charge in [0.15, 0.2) is 5.82 Å². The first-order valence-corrected chi connectivity index (χ1v) is 4.96. The van der Waals surface area contributed by atoms with Crippen LogP contribution in [-0.2, 0) is 4.79 Å². The van der Waals surface area contributed by atoms with E-state index >= 15 is 0 Å². The van der Waals surface area contributed by atoms with Gasteiger partial charge < -0.3 is 10.6 Å². The summed E-state index contributed by atoms with van der Waals surface area (Å²) in [5.41, 5.74) is -0.652. The van der Waals surface area contributed by atoms with E-state index in [1.54, 1.807) is 39.2 Å². The molecule has 0 aliphatic rings. The molecule has 5 heteroatoms. The van der Waals surface area contributed by atoms with Gasteiger partial charge >= 0.3 is 0 Å². The number of carbonyl (C=O) groups excluding carboxylic acids is 1. The normalized spacial score (nSPS) is 11.2. The van der Waals surface area contributed by atoms with Gasteiger partial charge in [0.2, 0.25) is 5.91 Å². The third-order valence-corrected chi connectivity index (χ3v) is 2.49. The van der Waals surface area contributed by atoms with Gasteiger partial charge in [-0.1, -0.05) is 11.6 Å². The van der Waals surface area contributed by atoms with E-state index in [-0.39, 0.29) is 5.91 Å². The number of carbonyl (C=O) groups is 1. The van der Waals surface area contributed by atoms with Gasteiger partial charge in [-0.05, 0) is 33.0 Å². The molecule has 0 aromatic carbocycles. The summed E-state index contributed by atoms with van der Waals surface area (Å²) in [5.74, 6) is 0.207. The molecule has 1 rings (SSSR count). The second-order valence-corrected chi connectivity index (χ2v) is 4.07. The molecule has 1 aromatic rings. The maximum Gasteiger partial charge on any atom is 0.245 e. The molecule has 1 heterocycles. The van der Waals surface area contributed by atoms with E-state index in [1.165, 1.54) is 0 Å². The maximum atomic E-state index is 11.7. The topological polar surface area (TPSA) is 54.0 Å². The summed E-state index contributed by atoms with van der Waals surface area (Å²) in [5, 5.41) is 5.98. The van der Waals surface area contributed by atoms with Crippen LogP contribution >= 0.6 is 11.6 Å². The molecule has 4 nitrogen and oxygen atoms in total. The van der Waals surface area contributed by atoms with E-state index in [1.807, 2.05) is 0 Å². The second kappa shape index (κ2) is 4.59. The molecule has 15 heavy (non-hydrogen) atoms. The minimum atomic E-state index is -0.652. The Kier molecular flexibility index (Phi) is 3.66. The lowest BCUT2D eigenvalue weighted by Gasteiger charge is -2.22. The lowest BCUT2D eigenvalue weighted by molar-refractivity contribution is -0.121. The molecule has 1 aromatic heterocycles. The van der Waals surface area contributed by atoms with Crippen LogP contribution in [0.4, 0.5) is 5.82 Å². The Morgan fingerprint density at radius 1 is 1.53 bits per heavy atom. The predicted octanol–water partition coefficient (Wildman–Crippen LogP) is 1.67. The molecular weight excluding hydrogens is 214 g/mol. The fourth-order valence-electron chi connectivity index (χ4n) is 0.855. The molecule has 2 N–H and O–H groups in total. The molecule has 0 fully saturated rings. The standard InChI is InChI=1S/C10H14ClN3O/c1-10(2,12-3)9(15)14-8-7(11)5-4-6-13-8/h4-6,12H,1-3H3,(H,13,14,15). The number of anilines is 1. The summed E-state index contributed by atoms with van der Waals surface area (Å²) in [7, 11) is 1.72. The molecule has 0 aliphatic heterocycles. The van der Waals surface area contributed by atoms with Crippen molar-refractivity contribution in [1.29, 1.82) is 0 Å². The number of likely N-dealkylation sites (N-methyl/N-ethyl adjacent to an activating group) is 1. The van der Waals surface area contributed by atoms with Crippen molar-refractivity contribution >= 4 is 23.3 Å². The highest BCUT2D eigenvalue weighted by Crippen LogP contribution is 2.18. The zero-order valence-corrected chi connectivity index (χ0v) is 9.72. The quantitative estimate of drug-likeness (QED) is 0.826. The third kappa shape index (κ3) is 2.91. The van der Waals surface area contributed by atoms with Crippen LogP contribution in [0.25, 0.3) is 0 Å². The first-order valence-electron chi connectivity index (χ1n) is 4.58. The number of pyridine rings is 1. The number of halogens is 1. The Morgan fingerprint density at radius 2 is 2.20 bits per heavy atom. The monoisotopic (exact) mass is 227 g/mol. The third-order valence-electron chi connectivity index (χ3n) is 2.18. The van der Waals surface area contributed by atoms with Crippen molar-refractivity contribution in [2.24, 2.45) is 0 Å². The Balaban J connectivity index is 2.80. The van der Waals surface area contributed by atoms with Crippen LogP contribution < -0.4 is 10.6 Å². The predicted molar refractivity (Wildman–Crippen MR) is 61.0 cm³/mol. The van der Waals surface area contributed by atoms with Crippen LogP contribution in [0.1, 0.15) is 13.8 Å². The first kappa shape index (κ1) is 11.9. The molecule has 0 atom stereocenters. The van der Waals surface area contributed by atoms with E-state index < -0.39 is 5.54 Å². The molecule has 1 amide bonds. The zero-order valence-electron chi connectivity index (χ0n) is 8.97. The molecule has 0 bridgehead atoms. The van der Waals surface area contributed by atoms with Gasteiger partial charge in [-0.15, -0.1) is 0 Å². The van der Waals surface area contributed by atoms with Gasteiger partial charge in [-0.3, -0.25) is 4.79 Å². The highest BCUT2D eigenvalue weighted by Gasteiger charge is 2.25. The van der Waals surface area contributed by atoms with Crippen molar-refractivity contribution in [3.63, 3.8) is 0 Å². The van der Waals surface area contributed by atoms with Gasteiger partial charge in [0.25, 0.3) is 0 Å². The highest BCUT2D eigenvalue weighted by atomic mass is 35.5. The van der Waals surface area contributed by atoms with E-state index in [2.05, 4.69) is 15.6 Å². The Bertz CT molecular complexity index is 365. The smallest absolute Gasteiger partial charge is 0.245 e. The molecule has 0 aliphatic carbocycles. The number of amides is 1. The maximum absolute atomic E-state index is 11.7. The Morgan fingerprint density at radius 3 is 2.73 bits per heavy atom. The van der Waals surface area contributed by atoms with Gasteiger partial charge in [0.05, 0.1) is 10.6 Å². The van der Waals surface area contributed by atoms with E-state index in [0.29, 0.717) is 10.8 Å². The first-order chi connectivity index (χ1) is 6.97. The molecular formula is C10H14ClN3O. The molecule has 0 radical (unpaired) electrons. The molecule has 0 saturated carbocycles. The fraction of sp³-hybridized carbons (Fsp3) is 0.400. The SMILES string of the molecule is CNC(C)(C)C(=O)Nc1ncccc1Cl. The van der Waals surface area contributed by atoms with Crippen LogP contribution in [0.5, 0.6) is 0 Å². The molecule has 82 valence electrons. The average molecular weight is 228 g/mol. The summed E-state index contributed by atoms with van der Waals surface area (Å²) in [6.45, 7) is 3.55. The largest absolute Gasteiger partial charge is 0.308 e. The van der Waals surface area contributed by atoms with Crippen LogP contribution in [-0.4, -0.2) is 23.5 Å². The van der Waals surface area contributed by atoms with Crippen LogP contribution in [0, 0.1) is 0 Å². The van der Waals surface area contributed by atoms with Gasteiger partial charge in [-0.2, -0.15) is 0 Å². The lowest BCUT2D eigenvalue weighted by atomic mass is 10.1. The van der Waals surface area contributed by atoms with E-state index in [9.17, 15) is 4.79 Å². The van der Waals surface area contributed by atoms with Crippen molar-refractivity contribution < 1.29 is 4.79 Å². The molecule has 0 unspecified atom stereocenters. The second-order valence-electron chi connectivity index (χ2n) is 3.66. The summed E-state index contributed by atoms with van der Waals surface area (Å²) in [4.78, 5) is 15.7. The Hall–Kier alpha value is -1.13. The van der Waals surface area contributed by atoms with Crippen LogP contribution in [0.15, 0.2) is 18.3 Å². The van der Waals surface area contributed by atoms with Crippen LogP contribution in [0.2, 0.25) is 5.02 Å². The van der Waals surface area contributed by atoms with Crippen molar-refractivity contribution in [3.8, 4) is 0 Å². The van der Waals surface area contributed by atoms with Crippen LogP contribution in [0.3, 0.4) is 0 Å². The van der Waals surface area contributed by atoms with Gasteiger partial charge in [-0.25, -0.2) is 4.98 Å². The van der Waals surface area contributed by atoms with E-state index in [4.69, 9.17) is 11.6 Å². The highest BCUT2D eigenvalue weighted by molar-refractivity contribution is 6.33. The molecule has 0 spiro atoms. The number of nitrogens with one attached hydrogen (secondary N) is 2. The van der Waals surface area contributed by atoms with Gasteiger partial charge in [0, 0.05) is 6.20 Å². The summed E-state index contributed by atoms with van der Waals surface area (Å²) in [6.07, 6.45) is 1.58. The molecule has 0 saturated heterocycles. The number of aromatic nitrogens is 1. The summed E-state index contributed by atoms with van der Waals surface area (Å²) in [6, 6.07) is 3.39. The average Bonchev–Trinajstić information content (AvgIpc) is 2.21. The lowest BCUT2D eigenvalue weighted by Crippen LogP contribution is -2.48. The summed E-state index contributed by atoms with van der Waals surface area (Å²) >= 11 is 5.86. The number of hydrogen-bond acceptors (Lipinski definition) is 3. The number of nitrogens with zero attached hydrogens (tertiary/aromatic N) is 1. The van der Waals surface area contributed by atoms with Crippen molar-refractivity contribution in [3.05, 3.63) is 23.4 Å². The minimum absolute atomic E-state index is 0.175. The number of rotatable bonds is 3. The van der Waals surface area contributed by atoms with Crippen molar-refractivity contribution in [2.75, 3.05) is 12.4 Å². The fourth-order valence-corrected chi connectivity index (χ4v) is 1.02. The van der Waals surface area contributed by atoms with Crippen molar-refractivity contribution in [1.82, 2.24) is 10.3 Å². The van der Waals surface area contributed by atoms with E-state index in [0.717, 1.165) is 0 Å². The van der Waals surface area contributed by atoms with Gasteiger partial charge in [0.1, 0.15) is 0 Å². The minimum Gasteiger partial charge on any atom is -0.308 e. The Labute approximate surface area is 94.0 Å². The summed E-state index contributed by atoms with van der Waals surface area (Å²) < 4.78 is 0. The number of hydrogen-bond donors (Lipinski definition) is 2. The zero-order chi connectivity index (χ0) is 11.5. The van der Waals surface area contributed by atoms with Crippen molar-refractivity contribution in [2.45, 2.75) is 19.4 Å².